The molecule has 4 rings (SSSR count). The molecule has 6 heteroatoms. The number of carbonyl (C=O) groups excluding carboxylic acids is 1. The first-order valence-corrected chi connectivity index (χ1v) is 8.40. The number of primary amides is 1. The number of rotatable bonds is 5. The maximum Gasteiger partial charge on any atom is 0.248 e. The highest BCUT2D eigenvalue weighted by Gasteiger charge is 2.09. The van der Waals surface area contributed by atoms with Gasteiger partial charge in [0.2, 0.25) is 5.91 Å². The van der Waals surface area contributed by atoms with Crippen molar-refractivity contribution in [1.29, 1.82) is 0 Å². The van der Waals surface area contributed by atoms with Gasteiger partial charge in [0.1, 0.15) is 5.65 Å². The van der Waals surface area contributed by atoms with Gasteiger partial charge in [-0.25, -0.2) is 10.2 Å². The van der Waals surface area contributed by atoms with Crippen molar-refractivity contribution in [1.82, 2.24) is 9.97 Å². The van der Waals surface area contributed by atoms with E-state index in [1.165, 1.54) is 0 Å². The van der Waals surface area contributed by atoms with E-state index >= 15 is 0 Å². The van der Waals surface area contributed by atoms with Crippen molar-refractivity contribution >= 4 is 16.9 Å². The highest BCUT2D eigenvalue weighted by atomic mass is 17.1. The summed E-state index contributed by atoms with van der Waals surface area (Å²) in [6, 6.07) is 16.5. The van der Waals surface area contributed by atoms with Crippen LogP contribution in [0, 0.1) is 0 Å². The van der Waals surface area contributed by atoms with E-state index < -0.39 is 5.91 Å². The van der Waals surface area contributed by atoms with Gasteiger partial charge < -0.3 is 15.6 Å². The molecular weight excluding hydrogens is 342 g/mol. The molecule has 6 nitrogen and oxygen atoms in total. The quantitative estimate of drug-likeness (QED) is 0.373. The van der Waals surface area contributed by atoms with Crippen LogP contribution in [0.4, 0.5) is 0 Å². The fourth-order valence-electron chi connectivity index (χ4n) is 3.12. The van der Waals surface area contributed by atoms with E-state index in [9.17, 15) is 4.79 Å². The predicted molar refractivity (Wildman–Crippen MR) is 103 cm³/mol. The maximum atomic E-state index is 11.2. The molecule has 0 spiro atoms. The molecule has 4 N–H and O–H groups in total. The zero-order chi connectivity index (χ0) is 18.8. The Kier molecular flexibility index (Phi) is 4.32. The highest BCUT2D eigenvalue weighted by Crippen LogP contribution is 2.27. The Hall–Kier alpha value is -3.64. The number of H-pyrrole nitrogens is 1. The number of carbonyl (C=O) groups is 1. The second-order valence-corrected chi connectivity index (χ2v) is 6.29. The number of hydrogen-bond donors (Lipinski definition) is 3. The first-order valence-electron chi connectivity index (χ1n) is 8.40. The third-order valence-electron chi connectivity index (χ3n) is 4.52. The molecule has 4 aromatic rings. The van der Waals surface area contributed by atoms with E-state index in [0.29, 0.717) is 17.7 Å². The molecule has 2 aromatic heterocycles. The van der Waals surface area contributed by atoms with Crippen molar-refractivity contribution in [3.05, 3.63) is 83.7 Å². The fourth-order valence-corrected chi connectivity index (χ4v) is 3.12. The Balaban J connectivity index is 1.69. The molecule has 0 fully saturated rings. The lowest BCUT2D eigenvalue weighted by molar-refractivity contribution is -0.137. The summed E-state index contributed by atoms with van der Waals surface area (Å²) >= 11 is 0. The minimum absolute atomic E-state index is 0.403. The largest absolute Gasteiger partial charge is 0.366 e. The van der Waals surface area contributed by atoms with Gasteiger partial charge in [-0.15, -0.1) is 0 Å². The Labute approximate surface area is 155 Å². The predicted octanol–water partition coefficient (Wildman–Crippen LogP) is 3.77. The van der Waals surface area contributed by atoms with Crippen LogP contribution >= 0.6 is 0 Å². The van der Waals surface area contributed by atoms with Crippen molar-refractivity contribution in [2.45, 2.75) is 6.42 Å². The molecule has 27 heavy (non-hydrogen) atoms. The van der Waals surface area contributed by atoms with Crippen molar-refractivity contribution in [2.24, 2.45) is 5.73 Å². The Morgan fingerprint density at radius 3 is 2.67 bits per heavy atom. The van der Waals surface area contributed by atoms with Crippen molar-refractivity contribution in [3.63, 3.8) is 0 Å². The number of nitrogens with one attached hydrogen (secondary N) is 1. The zero-order valence-electron chi connectivity index (χ0n) is 14.3. The van der Waals surface area contributed by atoms with Crippen LogP contribution in [0.5, 0.6) is 5.75 Å². The molecule has 0 aliphatic rings. The number of aromatic nitrogens is 2. The molecule has 0 aliphatic heterocycles. The molecule has 0 saturated heterocycles. The van der Waals surface area contributed by atoms with Gasteiger partial charge in [0.15, 0.2) is 5.75 Å². The van der Waals surface area contributed by atoms with Gasteiger partial charge in [-0.3, -0.25) is 4.79 Å². The van der Waals surface area contributed by atoms with Gasteiger partial charge >= 0.3 is 0 Å². The van der Waals surface area contributed by atoms with Gasteiger partial charge in [-0.05, 0) is 53.4 Å². The molecule has 2 heterocycles. The number of hydrogen-bond acceptors (Lipinski definition) is 4. The summed E-state index contributed by atoms with van der Waals surface area (Å²) in [5, 5.41) is 9.85. The monoisotopic (exact) mass is 359 g/mol. The van der Waals surface area contributed by atoms with Crippen molar-refractivity contribution in [3.8, 4) is 16.9 Å². The highest BCUT2D eigenvalue weighted by molar-refractivity contribution is 5.93. The number of fused-ring (bicyclic) bond motifs is 1. The van der Waals surface area contributed by atoms with Crippen LogP contribution in [0.2, 0.25) is 0 Å². The van der Waals surface area contributed by atoms with Crippen LogP contribution < -0.4 is 10.6 Å². The van der Waals surface area contributed by atoms with E-state index in [1.807, 2.05) is 30.5 Å². The van der Waals surface area contributed by atoms with Crippen LogP contribution in [0.3, 0.4) is 0 Å². The standard InChI is InChI=1S/C21H17N3O3/c22-20(25)15-6-4-14(5-7-15)16-10-19-17(12-24-21(19)23-11-16)8-13-2-1-3-18(9-13)27-26/h1-7,9-12,26H,8H2,(H2,22,25)(H,23,24). The smallest absolute Gasteiger partial charge is 0.248 e. The molecular formula is C21H17N3O3. The van der Waals surface area contributed by atoms with E-state index in [1.54, 1.807) is 30.5 Å². The average Bonchev–Trinajstić information content (AvgIpc) is 3.10. The van der Waals surface area contributed by atoms with E-state index in [-0.39, 0.29) is 0 Å². The Morgan fingerprint density at radius 2 is 1.93 bits per heavy atom. The van der Waals surface area contributed by atoms with Gasteiger partial charge in [0.05, 0.1) is 0 Å². The van der Waals surface area contributed by atoms with Crippen LogP contribution in [0.15, 0.2) is 67.0 Å². The first kappa shape index (κ1) is 16.8. The summed E-state index contributed by atoms with van der Waals surface area (Å²) in [7, 11) is 0. The summed E-state index contributed by atoms with van der Waals surface area (Å²) in [6.45, 7) is 0. The van der Waals surface area contributed by atoms with Crippen LogP contribution in [0.1, 0.15) is 21.5 Å². The molecule has 2 aromatic carbocycles. The van der Waals surface area contributed by atoms with E-state index in [2.05, 4.69) is 20.9 Å². The molecule has 0 radical (unpaired) electrons. The summed E-state index contributed by atoms with van der Waals surface area (Å²) in [5.74, 6) is -0.0437. The fraction of sp³-hybridized carbons (Fsp3) is 0.0476. The Bertz CT molecular complexity index is 1120. The number of nitrogens with two attached hydrogens (primary N) is 1. The summed E-state index contributed by atoms with van der Waals surface area (Å²) < 4.78 is 0. The van der Waals surface area contributed by atoms with Gasteiger partial charge in [-0.1, -0.05) is 24.3 Å². The molecule has 134 valence electrons. The maximum absolute atomic E-state index is 11.2. The lowest BCUT2D eigenvalue weighted by Crippen LogP contribution is -2.10. The average molecular weight is 359 g/mol. The molecule has 1 amide bonds. The molecule has 0 unspecified atom stereocenters. The third-order valence-corrected chi connectivity index (χ3v) is 4.52. The first-order chi connectivity index (χ1) is 13.1. The third kappa shape index (κ3) is 3.38. The van der Waals surface area contributed by atoms with Crippen molar-refractivity contribution < 1.29 is 14.9 Å². The minimum atomic E-state index is -0.447. The van der Waals surface area contributed by atoms with Gasteiger partial charge in [-0.2, -0.15) is 0 Å². The number of pyridine rings is 1. The second-order valence-electron chi connectivity index (χ2n) is 6.29. The summed E-state index contributed by atoms with van der Waals surface area (Å²) in [6.07, 6.45) is 4.40. The number of benzene rings is 2. The summed E-state index contributed by atoms with van der Waals surface area (Å²) in [4.78, 5) is 23.2. The molecule has 0 atom stereocenters. The van der Waals surface area contributed by atoms with E-state index in [0.717, 1.165) is 33.3 Å². The van der Waals surface area contributed by atoms with Crippen LogP contribution in [-0.2, 0) is 6.42 Å². The molecule has 0 aliphatic carbocycles. The van der Waals surface area contributed by atoms with Crippen LogP contribution in [-0.4, -0.2) is 21.1 Å². The summed E-state index contributed by atoms with van der Waals surface area (Å²) in [5.41, 5.74) is 10.6. The minimum Gasteiger partial charge on any atom is -0.366 e. The van der Waals surface area contributed by atoms with Gasteiger partial charge in [0.25, 0.3) is 0 Å². The number of amides is 1. The normalized spacial score (nSPS) is 10.9. The topological polar surface area (TPSA) is 101 Å². The zero-order valence-corrected chi connectivity index (χ0v) is 14.3. The van der Waals surface area contributed by atoms with Crippen LogP contribution in [0.25, 0.3) is 22.2 Å². The molecule has 0 saturated carbocycles. The Morgan fingerprint density at radius 1 is 1.11 bits per heavy atom. The lowest BCUT2D eigenvalue weighted by atomic mass is 10.0. The number of nitrogens with zero attached hydrogens (tertiary/aromatic N) is 1. The van der Waals surface area contributed by atoms with Crippen molar-refractivity contribution in [2.75, 3.05) is 0 Å². The SMILES string of the molecule is NC(=O)c1ccc(-c2cnc3[nH]cc(Cc4cccc(OO)c4)c3c2)cc1. The van der Waals surface area contributed by atoms with E-state index in [4.69, 9.17) is 11.0 Å². The lowest BCUT2D eigenvalue weighted by Gasteiger charge is -2.05. The van der Waals surface area contributed by atoms with Gasteiger partial charge in [0, 0.05) is 28.9 Å². The molecule has 0 bridgehead atoms. The number of aromatic amines is 1. The second kappa shape index (κ2) is 6.93.